The molecule has 13 heavy (non-hydrogen) atoms. The Hall–Kier alpha value is -1.04. The molecule has 0 aromatic rings. The van der Waals surface area contributed by atoms with Crippen molar-refractivity contribution in [3.8, 4) is 0 Å². The van der Waals surface area contributed by atoms with Gasteiger partial charge in [0, 0.05) is 6.42 Å². The van der Waals surface area contributed by atoms with Crippen LogP contribution < -0.4 is 0 Å². The summed E-state index contributed by atoms with van der Waals surface area (Å²) in [6.45, 7) is 0. The predicted octanol–water partition coefficient (Wildman–Crippen LogP) is 3.99. The maximum absolute atomic E-state index is 2.27. The van der Waals surface area contributed by atoms with Crippen LogP contribution in [-0.2, 0) is 0 Å². The highest BCUT2D eigenvalue weighted by molar-refractivity contribution is 5.14. The van der Waals surface area contributed by atoms with Crippen LogP contribution in [0.3, 0.4) is 0 Å². The molecule has 0 heterocycles. The third kappa shape index (κ3) is 6.15. The van der Waals surface area contributed by atoms with Gasteiger partial charge in [0.25, 0.3) is 0 Å². The number of rotatable bonds is 0. The van der Waals surface area contributed by atoms with E-state index in [1.54, 1.807) is 0 Å². The Balaban J connectivity index is 2.38. The van der Waals surface area contributed by atoms with Crippen molar-refractivity contribution in [3.63, 3.8) is 0 Å². The fourth-order valence-electron chi connectivity index (χ4n) is 1.17. The van der Waals surface area contributed by atoms with E-state index >= 15 is 0 Å². The summed E-state index contributed by atoms with van der Waals surface area (Å²) in [7, 11) is 0. The van der Waals surface area contributed by atoms with E-state index in [-0.39, 0.29) is 0 Å². The summed E-state index contributed by atoms with van der Waals surface area (Å²) in [5, 5.41) is 0. The summed E-state index contributed by atoms with van der Waals surface area (Å²) in [4.78, 5) is 0. The average molecular weight is 173 g/mol. The lowest BCUT2D eigenvalue weighted by molar-refractivity contribution is 0.866. The Kier molecular flexibility index (Phi) is 5.87. The van der Waals surface area contributed by atoms with Crippen molar-refractivity contribution in [2.45, 2.75) is 25.7 Å². The van der Waals surface area contributed by atoms with E-state index < -0.39 is 0 Å². The first-order valence-corrected chi connectivity index (χ1v) is 4.97. The molecule has 0 aliphatic heterocycles. The minimum absolute atomic E-state index is 1.05. The van der Waals surface area contributed by atoms with Gasteiger partial charge in [-0.3, -0.25) is 0 Å². The molecule has 0 heteroatoms. The Bertz CT molecular complexity index is 192. The van der Waals surface area contributed by atoms with Crippen molar-refractivity contribution in [1.82, 2.24) is 0 Å². The lowest BCUT2D eigenvalue weighted by Crippen LogP contribution is -1.69. The van der Waals surface area contributed by atoms with E-state index in [0.717, 1.165) is 6.42 Å². The quantitative estimate of drug-likeness (QED) is 0.486. The smallest absolute Gasteiger partial charge is 0.00473 e. The molecule has 0 atom stereocenters. The molecule has 1 aliphatic carbocycles. The lowest BCUT2D eigenvalue weighted by Gasteiger charge is -1.89. The maximum Gasteiger partial charge on any atom is 0.00473 e. The monoisotopic (exact) mass is 173 g/mol. The highest BCUT2D eigenvalue weighted by Gasteiger charge is 1.81. The van der Waals surface area contributed by atoms with Crippen molar-refractivity contribution in [3.05, 3.63) is 55.0 Å². The molecule has 0 unspecified atom stereocenters. The predicted molar refractivity (Wildman–Crippen MR) is 59.3 cm³/mol. The van der Waals surface area contributed by atoms with Gasteiger partial charge in [-0.1, -0.05) is 48.6 Å². The average Bonchev–Trinajstić information content (AvgIpc) is 2.18. The summed E-state index contributed by atoms with van der Waals surface area (Å²) >= 11 is 0. The fourth-order valence-corrected chi connectivity index (χ4v) is 1.17. The largest absolute Gasteiger partial charge is 0.0882 e. The molecule has 0 spiro atoms. The first-order chi connectivity index (χ1) is 6.50. The van der Waals surface area contributed by atoms with Gasteiger partial charge >= 0.3 is 0 Å². The molecule has 0 aromatic carbocycles. The molecule has 69 valence electrons. The zero-order valence-corrected chi connectivity index (χ0v) is 8.02. The minimum Gasteiger partial charge on any atom is -0.0882 e. The van der Waals surface area contributed by atoms with Crippen molar-refractivity contribution in [2.75, 3.05) is 0 Å². The third-order valence-electron chi connectivity index (χ3n) is 1.90. The van der Waals surface area contributed by atoms with Crippen molar-refractivity contribution >= 4 is 0 Å². The van der Waals surface area contributed by atoms with Gasteiger partial charge in [0.1, 0.15) is 0 Å². The number of hydrogen-bond acceptors (Lipinski definition) is 0. The zero-order valence-electron chi connectivity index (χ0n) is 8.02. The SMILES string of the molecule is [CH]1/C=C/C=C\C/C=C\CCC/C=C/1. The Morgan fingerprint density at radius 3 is 2.54 bits per heavy atom. The van der Waals surface area contributed by atoms with Crippen LogP contribution in [0.4, 0.5) is 0 Å². The first kappa shape index (κ1) is 10.0. The summed E-state index contributed by atoms with van der Waals surface area (Å²) in [5.74, 6) is 0. The maximum atomic E-state index is 2.27. The summed E-state index contributed by atoms with van der Waals surface area (Å²) in [6.07, 6.45) is 24.0. The third-order valence-corrected chi connectivity index (χ3v) is 1.90. The van der Waals surface area contributed by atoms with E-state index in [1.165, 1.54) is 19.3 Å². The van der Waals surface area contributed by atoms with Gasteiger partial charge in [0.2, 0.25) is 0 Å². The Morgan fingerprint density at radius 1 is 0.615 bits per heavy atom. The molecule has 0 saturated carbocycles. The van der Waals surface area contributed by atoms with Crippen LogP contribution >= 0.6 is 0 Å². The minimum atomic E-state index is 1.05. The lowest BCUT2D eigenvalue weighted by atomic mass is 10.2. The topological polar surface area (TPSA) is 0 Å². The van der Waals surface area contributed by atoms with Crippen LogP contribution in [0.2, 0.25) is 0 Å². The van der Waals surface area contributed by atoms with E-state index in [1.807, 2.05) is 0 Å². The van der Waals surface area contributed by atoms with Gasteiger partial charge in [-0.15, -0.1) is 0 Å². The first-order valence-electron chi connectivity index (χ1n) is 4.97. The zero-order chi connectivity index (χ0) is 9.19. The Morgan fingerprint density at radius 2 is 1.54 bits per heavy atom. The molecule has 0 amide bonds. The van der Waals surface area contributed by atoms with Crippen LogP contribution in [0, 0.1) is 6.42 Å². The van der Waals surface area contributed by atoms with Crippen molar-refractivity contribution in [2.24, 2.45) is 0 Å². The molecule has 0 fully saturated rings. The van der Waals surface area contributed by atoms with Crippen LogP contribution in [0.5, 0.6) is 0 Å². The standard InChI is InChI=1S/C13H17/c1-2-4-6-8-10-12-13-11-9-7-5-3-1/h1-7,10,12H,8-9,11,13H2/b2-1+,6-4-,7-5+,12-10-. The normalized spacial score (nSPS) is 28.9. The second-order valence-corrected chi connectivity index (χ2v) is 3.07. The fraction of sp³-hybridized carbons (Fsp3) is 0.308. The Labute approximate surface area is 81.4 Å². The molecule has 0 N–H and O–H groups in total. The van der Waals surface area contributed by atoms with E-state index in [9.17, 15) is 0 Å². The van der Waals surface area contributed by atoms with E-state index in [0.29, 0.717) is 0 Å². The molecule has 1 rings (SSSR count). The highest BCUT2D eigenvalue weighted by Crippen LogP contribution is 2.00. The molecular weight excluding hydrogens is 156 g/mol. The number of hydrogen-bond donors (Lipinski definition) is 0. The van der Waals surface area contributed by atoms with Gasteiger partial charge in [-0.2, -0.15) is 0 Å². The van der Waals surface area contributed by atoms with Gasteiger partial charge in [-0.05, 0) is 25.7 Å². The molecule has 0 bridgehead atoms. The van der Waals surface area contributed by atoms with Gasteiger partial charge in [0.05, 0.1) is 0 Å². The van der Waals surface area contributed by atoms with E-state index in [2.05, 4.69) is 55.0 Å². The van der Waals surface area contributed by atoms with Gasteiger partial charge < -0.3 is 0 Å². The summed E-state index contributed by atoms with van der Waals surface area (Å²) in [5.41, 5.74) is 0. The molecule has 1 aliphatic rings. The second-order valence-electron chi connectivity index (χ2n) is 3.07. The van der Waals surface area contributed by atoms with Crippen molar-refractivity contribution < 1.29 is 0 Å². The summed E-state index contributed by atoms with van der Waals surface area (Å²) in [6, 6.07) is 0. The second kappa shape index (κ2) is 7.60. The van der Waals surface area contributed by atoms with Crippen LogP contribution in [0.25, 0.3) is 0 Å². The van der Waals surface area contributed by atoms with Crippen molar-refractivity contribution in [1.29, 1.82) is 0 Å². The van der Waals surface area contributed by atoms with Gasteiger partial charge in [0.15, 0.2) is 0 Å². The molecule has 0 nitrogen and oxygen atoms in total. The molecular formula is C13H17. The highest BCUT2D eigenvalue weighted by atomic mass is 13.9. The van der Waals surface area contributed by atoms with Crippen LogP contribution in [-0.4, -0.2) is 0 Å². The number of allylic oxidation sites excluding steroid dienone is 8. The molecule has 1 radical (unpaired) electrons. The van der Waals surface area contributed by atoms with Gasteiger partial charge in [-0.25, -0.2) is 0 Å². The van der Waals surface area contributed by atoms with Crippen LogP contribution in [0.1, 0.15) is 25.7 Å². The summed E-state index contributed by atoms with van der Waals surface area (Å²) < 4.78 is 0. The van der Waals surface area contributed by atoms with Crippen LogP contribution in [0.15, 0.2) is 48.6 Å². The molecule has 0 saturated heterocycles. The molecule has 0 aromatic heterocycles. The van der Waals surface area contributed by atoms with E-state index in [4.69, 9.17) is 0 Å².